The Kier molecular flexibility index (Phi) is 6.70. The lowest BCUT2D eigenvalue weighted by atomic mass is 10.1. The highest BCUT2D eigenvalue weighted by Crippen LogP contribution is 2.29. The van der Waals surface area contributed by atoms with E-state index < -0.39 is 11.5 Å². The number of anilines is 1. The Morgan fingerprint density at radius 3 is 2.45 bits per heavy atom. The van der Waals surface area contributed by atoms with Gasteiger partial charge in [0.2, 0.25) is 0 Å². The molecule has 1 aromatic rings. The molecule has 0 spiro atoms. The number of nitrogens with one attached hydrogen (secondary N) is 2. The Balaban J connectivity index is 2.28. The van der Waals surface area contributed by atoms with Crippen molar-refractivity contribution >= 4 is 23.5 Å². The highest BCUT2D eigenvalue weighted by molar-refractivity contribution is 8.00. The molecule has 0 saturated heterocycles. The summed E-state index contributed by atoms with van der Waals surface area (Å²) < 4.78 is 35.6. The van der Waals surface area contributed by atoms with Gasteiger partial charge in [-0.05, 0) is 35.9 Å². The third-order valence-corrected chi connectivity index (χ3v) is 3.14. The summed E-state index contributed by atoms with van der Waals surface area (Å²) in [6.45, 7) is 2.04. The average Bonchev–Trinajstić information content (AvgIpc) is 2.36. The molecule has 0 saturated carbocycles. The van der Waals surface area contributed by atoms with Gasteiger partial charge >= 0.3 is 11.5 Å². The van der Waals surface area contributed by atoms with Gasteiger partial charge < -0.3 is 10.6 Å². The monoisotopic (exact) mass is 306 g/mol. The van der Waals surface area contributed by atoms with E-state index in [1.807, 2.05) is 12.1 Å². The number of alkyl halides is 3. The van der Waals surface area contributed by atoms with Crippen LogP contribution in [0.5, 0.6) is 0 Å². The van der Waals surface area contributed by atoms with Crippen molar-refractivity contribution in [3.05, 3.63) is 29.8 Å². The summed E-state index contributed by atoms with van der Waals surface area (Å²) in [6.07, 6.45) is 2.02. The second-order valence-electron chi connectivity index (χ2n) is 4.12. The maximum Gasteiger partial charge on any atom is 0.441 e. The fourth-order valence-electron chi connectivity index (χ4n) is 1.55. The van der Waals surface area contributed by atoms with Crippen LogP contribution >= 0.6 is 11.8 Å². The molecule has 0 aliphatic carbocycles. The van der Waals surface area contributed by atoms with E-state index in [0.29, 0.717) is 5.69 Å². The number of halogens is 3. The van der Waals surface area contributed by atoms with Gasteiger partial charge in [0.1, 0.15) is 0 Å². The maximum absolute atomic E-state index is 11.9. The fourth-order valence-corrected chi connectivity index (χ4v) is 1.99. The Bertz CT molecular complexity index is 421. The Morgan fingerprint density at radius 1 is 1.25 bits per heavy atom. The van der Waals surface area contributed by atoms with E-state index in [1.54, 1.807) is 12.1 Å². The number of amides is 2. The Hall–Kier alpha value is -1.37. The molecule has 1 aromatic carbocycles. The molecular formula is C13H17F3N2OS. The number of hydrogen-bond acceptors (Lipinski definition) is 2. The van der Waals surface area contributed by atoms with Crippen LogP contribution in [0.1, 0.15) is 18.9 Å². The van der Waals surface area contributed by atoms with E-state index in [-0.39, 0.29) is 24.1 Å². The van der Waals surface area contributed by atoms with Crippen LogP contribution < -0.4 is 10.6 Å². The van der Waals surface area contributed by atoms with Crippen molar-refractivity contribution in [2.45, 2.75) is 25.3 Å². The number of rotatable bonds is 6. The van der Waals surface area contributed by atoms with Gasteiger partial charge in [-0.25, -0.2) is 4.79 Å². The molecule has 2 amide bonds. The van der Waals surface area contributed by atoms with Crippen LogP contribution in [0.2, 0.25) is 0 Å². The van der Waals surface area contributed by atoms with E-state index in [1.165, 1.54) is 5.56 Å². The van der Waals surface area contributed by atoms with Crippen LogP contribution in [0.4, 0.5) is 23.7 Å². The van der Waals surface area contributed by atoms with Gasteiger partial charge in [0.15, 0.2) is 0 Å². The highest BCUT2D eigenvalue weighted by atomic mass is 32.2. The summed E-state index contributed by atoms with van der Waals surface area (Å²) in [5, 5.41) is 4.94. The van der Waals surface area contributed by atoms with E-state index in [0.717, 1.165) is 12.8 Å². The zero-order chi connectivity index (χ0) is 15.0. The van der Waals surface area contributed by atoms with Gasteiger partial charge in [-0.15, -0.1) is 0 Å². The first-order valence-corrected chi connectivity index (χ1v) is 7.24. The van der Waals surface area contributed by atoms with E-state index in [4.69, 9.17) is 0 Å². The molecule has 0 atom stereocenters. The van der Waals surface area contributed by atoms with Crippen molar-refractivity contribution in [3.8, 4) is 0 Å². The molecule has 0 radical (unpaired) electrons. The molecule has 0 heterocycles. The molecule has 0 fully saturated rings. The minimum atomic E-state index is -4.26. The van der Waals surface area contributed by atoms with Gasteiger partial charge in [-0.1, -0.05) is 25.5 Å². The zero-order valence-electron chi connectivity index (χ0n) is 11.1. The third-order valence-electron chi connectivity index (χ3n) is 2.40. The molecule has 7 heteroatoms. The lowest BCUT2D eigenvalue weighted by Crippen LogP contribution is -2.30. The number of thioether (sulfide) groups is 1. The molecule has 0 aromatic heterocycles. The third kappa shape index (κ3) is 7.28. The van der Waals surface area contributed by atoms with Crippen LogP contribution in [0.25, 0.3) is 0 Å². The molecule has 2 N–H and O–H groups in total. The summed E-state index contributed by atoms with van der Waals surface area (Å²) in [4.78, 5) is 11.4. The largest absolute Gasteiger partial charge is 0.441 e. The van der Waals surface area contributed by atoms with Gasteiger partial charge in [0.25, 0.3) is 0 Å². The summed E-state index contributed by atoms with van der Waals surface area (Å²) in [5.41, 5.74) is -2.46. The van der Waals surface area contributed by atoms with E-state index in [9.17, 15) is 18.0 Å². The second kappa shape index (κ2) is 8.04. The summed E-state index contributed by atoms with van der Waals surface area (Å²) in [5.74, 6) is -0.202. The van der Waals surface area contributed by atoms with Gasteiger partial charge in [0.05, 0.1) is 0 Å². The summed E-state index contributed by atoms with van der Waals surface area (Å²) in [6, 6.07) is 6.87. The Labute approximate surface area is 120 Å². The lowest BCUT2D eigenvalue weighted by Gasteiger charge is -2.09. The number of carbonyl (C=O) groups excluding carboxylic acids is 1. The predicted molar refractivity (Wildman–Crippen MR) is 76.0 cm³/mol. The van der Waals surface area contributed by atoms with Gasteiger partial charge in [-0.3, -0.25) is 0 Å². The van der Waals surface area contributed by atoms with Crippen LogP contribution in [-0.2, 0) is 6.42 Å². The smallest absolute Gasteiger partial charge is 0.337 e. The van der Waals surface area contributed by atoms with Crippen LogP contribution in [0, 0.1) is 0 Å². The van der Waals surface area contributed by atoms with Crippen molar-refractivity contribution in [1.82, 2.24) is 5.32 Å². The minimum absolute atomic E-state index is 0.0378. The molecule has 112 valence electrons. The van der Waals surface area contributed by atoms with E-state index in [2.05, 4.69) is 17.6 Å². The molecule has 0 unspecified atom stereocenters. The van der Waals surface area contributed by atoms with Crippen molar-refractivity contribution < 1.29 is 18.0 Å². The topological polar surface area (TPSA) is 41.1 Å². The Morgan fingerprint density at radius 2 is 1.90 bits per heavy atom. The average molecular weight is 306 g/mol. The van der Waals surface area contributed by atoms with E-state index >= 15 is 0 Å². The zero-order valence-corrected chi connectivity index (χ0v) is 11.9. The first-order valence-electron chi connectivity index (χ1n) is 6.25. The molecule has 0 aliphatic rings. The van der Waals surface area contributed by atoms with Gasteiger partial charge in [-0.2, -0.15) is 13.2 Å². The number of hydrogen-bond donors (Lipinski definition) is 2. The number of benzene rings is 1. The highest BCUT2D eigenvalue weighted by Gasteiger charge is 2.27. The molecule has 3 nitrogen and oxygen atoms in total. The van der Waals surface area contributed by atoms with Crippen molar-refractivity contribution in [1.29, 1.82) is 0 Å². The normalized spacial score (nSPS) is 11.2. The SMILES string of the molecule is CCCc1ccc(NC(=O)NCCSC(F)(F)F)cc1. The first-order chi connectivity index (χ1) is 9.40. The molecule has 0 bridgehead atoms. The quantitative estimate of drug-likeness (QED) is 0.780. The minimum Gasteiger partial charge on any atom is -0.337 e. The van der Waals surface area contributed by atoms with Gasteiger partial charge in [0, 0.05) is 18.0 Å². The van der Waals surface area contributed by atoms with Crippen molar-refractivity contribution in [3.63, 3.8) is 0 Å². The summed E-state index contributed by atoms with van der Waals surface area (Å²) in [7, 11) is 0. The number of carbonyl (C=O) groups is 1. The molecular weight excluding hydrogens is 289 g/mol. The van der Waals surface area contributed by atoms with Crippen molar-refractivity contribution in [2.24, 2.45) is 0 Å². The lowest BCUT2D eigenvalue weighted by molar-refractivity contribution is -0.0327. The molecule has 1 rings (SSSR count). The maximum atomic E-state index is 11.9. The van der Waals surface area contributed by atoms with Crippen LogP contribution in [0.15, 0.2) is 24.3 Å². The first kappa shape index (κ1) is 16.7. The summed E-state index contributed by atoms with van der Waals surface area (Å²) >= 11 is -0.153. The standard InChI is InChI=1S/C13H17F3N2OS/c1-2-3-10-4-6-11(7-5-10)18-12(19)17-8-9-20-13(14,15)16/h4-7H,2-3,8-9H2,1H3,(H2,17,18,19). The number of aryl methyl sites for hydroxylation is 1. The molecule has 0 aliphatic heterocycles. The van der Waals surface area contributed by atoms with Crippen LogP contribution in [0.3, 0.4) is 0 Å². The van der Waals surface area contributed by atoms with Crippen molar-refractivity contribution in [2.75, 3.05) is 17.6 Å². The molecule has 20 heavy (non-hydrogen) atoms. The predicted octanol–water partition coefficient (Wildman–Crippen LogP) is 4.01. The van der Waals surface area contributed by atoms with Crippen LogP contribution in [-0.4, -0.2) is 23.8 Å². The number of urea groups is 1. The fraction of sp³-hybridized carbons (Fsp3) is 0.462. The second-order valence-corrected chi connectivity index (χ2v) is 5.28.